The average molecular weight is 478 g/mol. The maximum atomic E-state index is 13.3. The number of rotatable bonds is 5. The minimum absolute atomic E-state index is 0.134. The number of aryl methyl sites for hydroxylation is 1. The van der Waals surface area contributed by atoms with Crippen molar-refractivity contribution < 1.29 is 21.6 Å². The first-order valence-electron chi connectivity index (χ1n) is 10.5. The Balaban J connectivity index is 1.49. The number of hydrogen-bond donors (Lipinski definition) is 0. The number of benzene rings is 2. The maximum absolute atomic E-state index is 13.3. The van der Waals surface area contributed by atoms with Crippen molar-refractivity contribution in [3.63, 3.8) is 0 Å². The lowest BCUT2D eigenvalue weighted by Gasteiger charge is -2.34. The molecule has 2 aliphatic rings. The zero-order chi connectivity index (χ0) is 23.1. The summed E-state index contributed by atoms with van der Waals surface area (Å²) in [5, 5.41) is 0. The fourth-order valence-electron chi connectivity index (χ4n) is 4.24. The summed E-state index contributed by atoms with van der Waals surface area (Å²) >= 11 is 0. The van der Waals surface area contributed by atoms with Gasteiger partial charge in [0.05, 0.1) is 22.3 Å². The van der Waals surface area contributed by atoms with E-state index in [0.29, 0.717) is 31.7 Å². The van der Waals surface area contributed by atoms with Gasteiger partial charge in [0.15, 0.2) is 0 Å². The molecule has 10 heteroatoms. The van der Waals surface area contributed by atoms with Gasteiger partial charge in [0.1, 0.15) is 0 Å². The molecule has 2 fully saturated rings. The number of sulfonamides is 2. The van der Waals surface area contributed by atoms with Crippen molar-refractivity contribution in [2.24, 2.45) is 5.92 Å². The SMILES string of the molecule is Cc1cc(N2C(=O)[C@@H](C)CS2(=O)=O)ccc1S(=O)(=O)N1CCN(Cc2ccccc2)CC1. The van der Waals surface area contributed by atoms with E-state index < -0.39 is 31.9 Å². The summed E-state index contributed by atoms with van der Waals surface area (Å²) in [7, 11) is -7.47. The molecular formula is C22H27N3O5S2. The monoisotopic (exact) mass is 477 g/mol. The van der Waals surface area contributed by atoms with Crippen molar-refractivity contribution in [2.75, 3.05) is 36.2 Å². The number of hydrogen-bond acceptors (Lipinski definition) is 6. The van der Waals surface area contributed by atoms with Crippen molar-refractivity contribution in [3.8, 4) is 0 Å². The van der Waals surface area contributed by atoms with E-state index in [-0.39, 0.29) is 16.3 Å². The zero-order valence-electron chi connectivity index (χ0n) is 18.1. The van der Waals surface area contributed by atoms with Crippen LogP contribution in [0.5, 0.6) is 0 Å². The normalized spacial score (nSPS) is 22.4. The molecule has 1 atom stereocenters. The van der Waals surface area contributed by atoms with Crippen molar-refractivity contribution in [1.29, 1.82) is 0 Å². The third-order valence-electron chi connectivity index (χ3n) is 5.95. The van der Waals surface area contributed by atoms with Gasteiger partial charge in [-0.05, 0) is 36.2 Å². The Morgan fingerprint density at radius 2 is 1.66 bits per heavy atom. The molecule has 0 radical (unpaired) electrons. The molecule has 0 saturated carbocycles. The minimum atomic E-state index is -3.74. The fraction of sp³-hybridized carbons (Fsp3) is 0.409. The highest BCUT2D eigenvalue weighted by atomic mass is 32.2. The predicted octanol–water partition coefficient (Wildman–Crippen LogP) is 1.81. The van der Waals surface area contributed by atoms with E-state index in [0.717, 1.165) is 10.8 Å². The number of carbonyl (C=O) groups excluding carboxylic acids is 1. The first-order chi connectivity index (χ1) is 15.1. The van der Waals surface area contributed by atoms with Crippen LogP contribution in [0.2, 0.25) is 0 Å². The van der Waals surface area contributed by atoms with Gasteiger partial charge in [0.2, 0.25) is 26.0 Å². The molecule has 2 aliphatic heterocycles. The van der Waals surface area contributed by atoms with Gasteiger partial charge in [0, 0.05) is 32.7 Å². The first-order valence-corrected chi connectivity index (χ1v) is 13.6. The van der Waals surface area contributed by atoms with Crippen LogP contribution in [-0.2, 0) is 31.4 Å². The highest BCUT2D eigenvalue weighted by Gasteiger charge is 2.42. The second-order valence-electron chi connectivity index (χ2n) is 8.40. The van der Waals surface area contributed by atoms with E-state index >= 15 is 0 Å². The molecule has 172 valence electrons. The van der Waals surface area contributed by atoms with Crippen molar-refractivity contribution in [2.45, 2.75) is 25.3 Å². The third kappa shape index (κ3) is 4.32. The number of carbonyl (C=O) groups is 1. The Morgan fingerprint density at radius 1 is 1.00 bits per heavy atom. The van der Waals surface area contributed by atoms with Crippen molar-refractivity contribution in [3.05, 3.63) is 59.7 Å². The summed E-state index contributed by atoms with van der Waals surface area (Å²) in [5.41, 5.74) is 1.79. The Hall–Kier alpha value is -2.27. The number of piperazine rings is 1. The lowest BCUT2D eigenvalue weighted by molar-refractivity contribution is -0.119. The lowest BCUT2D eigenvalue weighted by atomic mass is 10.2. The van der Waals surface area contributed by atoms with Gasteiger partial charge in [-0.25, -0.2) is 21.1 Å². The summed E-state index contributed by atoms with van der Waals surface area (Å²) in [6.07, 6.45) is 0. The second-order valence-corrected chi connectivity index (χ2v) is 12.2. The van der Waals surface area contributed by atoms with Gasteiger partial charge < -0.3 is 0 Å². The Kier molecular flexibility index (Phi) is 6.15. The minimum Gasteiger partial charge on any atom is -0.296 e. The van der Waals surface area contributed by atoms with Crippen LogP contribution >= 0.6 is 0 Å². The summed E-state index contributed by atoms with van der Waals surface area (Å²) in [5.74, 6) is -1.34. The Bertz CT molecular complexity index is 1220. The molecule has 2 saturated heterocycles. The van der Waals surface area contributed by atoms with E-state index in [1.165, 1.54) is 28.1 Å². The van der Waals surface area contributed by atoms with Crippen LogP contribution in [-0.4, -0.2) is 63.9 Å². The van der Waals surface area contributed by atoms with Crippen LogP contribution in [0.4, 0.5) is 5.69 Å². The molecular weight excluding hydrogens is 450 g/mol. The van der Waals surface area contributed by atoms with Gasteiger partial charge in [-0.2, -0.15) is 4.31 Å². The molecule has 2 aromatic rings. The van der Waals surface area contributed by atoms with Gasteiger partial charge in [0.25, 0.3) is 0 Å². The van der Waals surface area contributed by atoms with Gasteiger partial charge in [-0.1, -0.05) is 37.3 Å². The second kappa shape index (κ2) is 8.58. The van der Waals surface area contributed by atoms with Crippen LogP contribution in [0.15, 0.2) is 53.4 Å². The molecule has 4 rings (SSSR count). The molecule has 0 N–H and O–H groups in total. The molecule has 1 amide bonds. The van der Waals surface area contributed by atoms with Crippen LogP contribution in [0, 0.1) is 12.8 Å². The van der Waals surface area contributed by atoms with E-state index in [1.54, 1.807) is 13.8 Å². The largest absolute Gasteiger partial charge is 0.296 e. The smallest absolute Gasteiger partial charge is 0.244 e. The molecule has 2 heterocycles. The molecule has 32 heavy (non-hydrogen) atoms. The van der Waals surface area contributed by atoms with Crippen molar-refractivity contribution in [1.82, 2.24) is 9.21 Å². The van der Waals surface area contributed by atoms with Crippen LogP contribution in [0.1, 0.15) is 18.1 Å². The summed E-state index contributed by atoms with van der Waals surface area (Å²) in [6.45, 7) is 5.99. The van der Waals surface area contributed by atoms with E-state index in [9.17, 15) is 21.6 Å². The average Bonchev–Trinajstić information content (AvgIpc) is 2.95. The van der Waals surface area contributed by atoms with E-state index in [1.807, 2.05) is 18.2 Å². The molecule has 2 aromatic carbocycles. The highest BCUT2D eigenvalue weighted by molar-refractivity contribution is 7.94. The van der Waals surface area contributed by atoms with E-state index in [4.69, 9.17) is 0 Å². The topological polar surface area (TPSA) is 95.1 Å². The summed E-state index contributed by atoms with van der Waals surface area (Å²) in [6, 6.07) is 14.3. The quantitative estimate of drug-likeness (QED) is 0.652. The summed E-state index contributed by atoms with van der Waals surface area (Å²) < 4.78 is 53.5. The standard InChI is InChI=1S/C22H27N3O5S2/c1-17-14-20(25-22(26)18(2)16-31(25,27)28)8-9-21(17)32(29,30)24-12-10-23(11-13-24)15-19-6-4-3-5-7-19/h3-9,14,18H,10-13,15-16H2,1-2H3/t18-/m0/s1. The number of amides is 1. The summed E-state index contributed by atoms with van der Waals surface area (Å²) in [4.78, 5) is 14.7. The van der Waals surface area contributed by atoms with Crippen LogP contribution in [0.25, 0.3) is 0 Å². The molecule has 0 spiro atoms. The Labute approximate surface area is 189 Å². The van der Waals surface area contributed by atoms with E-state index in [2.05, 4.69) is 17.0 Å². The molecule has 0 aromatic heterocycles. The van der Waals surface area contributed by atoms with Gasteiger partial charge in [-0.3, -0.25) is 9.69 Å². The van der Waals surface area contributed by atoms with Gasteiger partial charge >= 0.3 is 0 Å². The maximum Gasteiger partial charge on any atom is 0.244 e. The number of nitrogens with zero attached hydrogens (tertiary/aromatic N) is 3. The van der Waals surface area contributed by atoms with Gasteiger partial charge in [-0.15, -0.1) is 0 Å². The lowest BCUT2D eigenvalue weighted by Crippen LogP contribution is -2.48. The Morgan fingerprint density at radius 3 is 2.22 bits per heavy atom. The predicted molar refractivity (Wildman–Crippen MR) is 122 cm³/mol. The van der Waals surface area contributed by atoms with Crippen molar-refractivity contribution >= 4 is 31.6 Å². The highest BCUT2D eigenvalue weighted by Crippen LogP contribution is 2.31. The molecule has 0 bridgehead atoms. The molecule has 8 nitrogen and oxygen atoms in total. The molecule has 0 unspecified atom stereocenters. The number of anilines is 1. The molecule has 0 aliphatic carbocycles. The fourth-order valence-corrected chi connectivity index (χ4v) is 7.69. The third-order valence-corrected chi connectivity index (χ3v) is 9.88. The van der Waals surface area contributed by atoms with Crippen LogP contribution < -0.4 is 4.31 Å². The zero-order valence-corrected chi connectivity index (χ0v) is 19.8. The first kappa shape index (κ1) is 22.9. The van der Waals surface area contributed by atoms with Crippen LogP contribution in [0.3, 0.4) is 0 Å².